The maximum absolute atomic E-state index is 12.1. The van der Waals surface area contributed by atoms with Crippen LogP contribution in [0.25, 0.3) is 0 Å². The van der Waals surface area contributed by atoms with Gasteiger partial charge in [-0.1, -0.05) is 12.1 Å². The highest BCUT2D eigenvalue weighted by atomic mass is 16.6. The molecule has 0 aliphatic heterocycles. The van der Waals surface area contributed by atoms with Crippen molar-refractivity contribution >= 4 is 17.7 Å². The van der Waals surface area contributed by atoms with E-state index in [-0.39, 0.29) is 12.5 Å². The fourth-order valence-corrected chi connectivity index (χ4v) is 2.01. The number of nitrogens with one attached hydrogen (secondary N) is 1. The van der Waals surface area contributed by atoms with Gasteiger partial charge in [0.15, 0.2) is 0 Å². The van der Waals surface area contributed by atoms with Crippen LogP contribution in [0.5, 0.6) is 0 Å². The average Bonchev–Trinajstić information content (AvgIpc) is 2.53. The quantitative estimate of drug-likeness (QED) is 0.680. The van der Waals surface area contributed by atoms with Gasteiger partial charge in [0.05, 0.1) is 19.8 Å². The minimum Gasteiger partial charge on any atom is -0.444 e. The lowest BCUT2D eigenvalue weighted by Gasteiger charge is -2.24. The second kappa shape index (κ2) is 10.8. The molecule has 0 saturated heterocycles. The summed E-state index contributed by atoms with van der Waals surface area (Å²) in [5.74, 6) is -0.298. The largest absolute Gasteiger partial charge is 0.444 e. The predicted molar refractivity (Wildman–Crippen MR) is 100 cm³/mol. The highest BCUT2D eigenvalue weighted by Crippen LogP contribution is 2.12. The molecule has 26 heavy (non-hydrogen) atoms. The van der Waals surface area contributed by atoms with E-state index in [1.807, 2.05) is 25.1 Å². The Hall–Kier alpha value is -2.12. The Labute approximate surface area is 155 Å². The Morgan fingerprint density at radius 3 is 2.50 bits per heavy atom. The van der Waals surface area contributed by atoms with Crippen molar-refractivity contribution in [2.24, 2.45) is 0 Å². The van der Waals surface area contributed by atoms with Crippen molar-refractivity contribution in [1.29, 1.82) is 0 Å². The Bertz CT molecular complexity index is 584. The van der Waals surface area contributed by atoms with Crippen molar-refractivity contribution < 1.29 is 23.8 Å². The molecule has 0 spiro atoms. The van der Waals surface area contributed by atoms with Crippen LogP contribution < -0.4 is 5.32 Å². The summed E-state index contributed by atoms with van der Waals surface area (Å²) in [5.41, 5.74) is 0.997. The molecule has 7 heteroatoms. The topological polar surface area (TPSA) is 77.1 Å². The Balaban J connectivity index is 2.46. The molecule has 0 unspecified atom stereocenters. The summed E-state index contributed by atoms with van der Waals surface area (Å²) in [6.07, 6.45) is -0.538. The van der Waals surface area contributed by atoms with Gasteiger partial charge in [-0.2, -0.15) is 0 Å². The number of rotatable bonds is 9. The van der Waals surface area contributed by atoms with Crippen molar-refractivity contribution in [2.45, 2.75) is 39.9 Å². The predicted octanol–water partition coefficient (Wildman–Crippen LogP) is 3.05. The summed E-state index contributed by atoms with van der Waals surface area (Å²) in [6.45, 7) is 9.37. The van der Waals surface area contributed by atoms with Crippen LogP contribution in [0.2, 0.25) is 0 Å². The molecule has 2 amide bonds. The highest BCUT2D eigenvalue weighted by molar-refractivity contribution is 5.93. The van der Waals surface area contributed by atoms with Crippen molar-refractivity contribution in [3.05, 3.63) is 29.8 Å². The van der Waals surface area contributed by atoms with Crippen molar-refractivity contribution in [2.75, 3.05) is 38.7 Å². The highest BCUT2D eigenvalue weighted by Gasteiger charge is 2.21. The third-order valence-electron chi connectivity index (χ3n) is 3.14. The minimum atomic E-state index is -0.599. The molecule has 1 N–H and O–H groups in total. The SMILES string of the molecule is CCOCCOCc1cccc(NC(=O)CN(C)C(=O)OC(C)(C)C)c1. The minimum absolute atomic E-state index is 0.0933. The first-order chi connectivity index (χ1) is 12.2. The Morgan fingerprint density at radius 2 is 1.85 bits per heavy atom. The van der Waals surface area contributed by atoms with Crippen LogP contribution in [0.4, 0.5) is 10.5 Å². The zero-order chi connectivity index (χ0) is 19.6. The molecule has 1 aromatic rings. The number of ether oxygens (including phenoxy) is 3. The first kappa shape index (κ1) is 21.9. The summed E-state index contributed by atoms with van der Waals surface area (Å²) in [5, 5.41) is 2.77. The van der Waals surface area contributed by atoms with Crippen LogP contribution in [0.3, 0.4) is 0 Å². The van der Waals surface area contributed by atoms with Gasteiger partial charge in [0.1, 0.15) is 12.1 Å². The first-order valence-corrected chi connectivity index (χ1v) is 8.69. The first-order valence-electron chi connectivity index (χ1n) is 8.69. The number of anilines is 1. The van der Waals surface area contributed by atoms with Crippen LogP contribution in [0.1, 0.15) is 33.3 Å². The number of nitrogens with zero attached hydrogens (tertiary/aromatic N) is 1. The van der Waals surface area contributed by atoms with Gasteiger partial charge in [-0.05, 0) is 45.4 Å². The summed E-state index contributed by atoms with van der Waals surface area (Å²) >= 11 is 0. The Kier molecular flexibility index (Phi) is 9.09. The van der Waals surface area contributed by atoms with E-state index in [0.29, 0.717) is 32.1 Å². The summed E-state index contributed by atoms with van der Waals surface area (Å²) in [7, 11) is 1.52. The van der Waals surface area contributed by atoms with E-state index in [9.17, 15) is 9.59 Å². The van der Waals surface area contributed by atoms with Gasteiger partial charge < -0.3 is 24.4 Å². The fraction of sp³-hybridized carbons (Fsp3) is 0.579. The zero-order valence-electron chi connectivity index (χ0n) is 16.3. The molecule has 146 valence electrons. The van der Waals surface area contributed by atoms with E-state index in [1.54, 1.807) is 26.8 Å². The molecular weight excluding hydrogens is 336 g/mol. The smallest absolute Gasteiger partial charge is 0.410 e. The number of carbonyl (C=O) groups is 2. The number of hydrogen-bond donors (Lipinski definition) is 1. The van der Waals surface area contributed by atoms with Crippen molar-refractivity contribution in [3.8, 4) is 0 Å². The van der Waals surface area contributed by atoms with Crippen molar-refractivity contribution in [3.63, 3.8) is 0 Å². The van der Waals surface area contributed by atoms with E-state index < -0.39 is 11.7 Å². The van der Waals surface area contributed by atoms with Gasteiger partial charge in [0, 0.05) is 19.3 Å². The second-order valence-corrected chi connectivity index (χ2v) is 6.83. The summed E-state index contributed by atoms with van der Waals surface area (Å²) < 4.78 is 15.9. The van der Waals surface area contributed by atoms with E-state index in [4.69, 9.17) is 14.2 Å². The van der Waals surface area contributed by atoms with Crippen LogP contribution in [-0.4, -0.2) is 55.9 Å². The molecule has 0 aliphatic carbocycles. The number of amides is 2. The molecular formula is C19H30N2O5. The van der Waals surface area contributed by atoms with Crippen LogP contribution >= 0.6 is 0 Å². The molecule has 0 heterocycles. The van der Waals surface area contributed by atoms with Crippen LogP contribution in [0.15, 0.2) is 24.3 Å². The summed E-state index contributed by atoms with van der Waals surface area (Å²) in [6, 6.07) is 7.39. The van der Waals surface area contributed by atoms with Crippen LogP contribution in [0, 0.1) is 0 Å². The van der Waals surface area contributed by atoms with E-state index in [1.165, 1.54) is 11.9 Å². The summed E-state index contributed by atoms with van der Waals surface area (Å²) in [4.78, 5) is 25.3. The third-order valence-corrected chi connectivity index (χ3v) is 3.14. The molecule has 1 aromatic carbocycles. The van der Waals surface area contributed by atoms with E-state index in [2.05, 4.69) is 5.32 Å². The Morgan fingerprint density at radius 1 is 1.15 bits per heavy atom. The van der Waals surface area contributed by atoms with Gasteiger partial charge in [-0.25, -0.2) is 4.79 Å². The average molecular weight is 366 g/mol. The van der Waals surface area contributed by atoms with E-state index >= 15 is 0 Å². The number of likely N-dealkylation sites (N-methyl/N-ethyl adjacent to an activating group) is 1. The lowest BCUT2D eigenvalue weighted by atomic mass is 10.2. The molecule has 0 aromatic heterocycles. The fourth-order valence-electron chi connectivity index (χ4n) is 2.01. The van der Waals surface area contributed by atoms with Gasteiger partial charge in [-0.3, -0.25) is 4.79 Å². The number of benzene rings is 1. The number of hydrogen-bond acceptors (Lipinski definition) is 5. The lowest BCUT2D eigenvalue weighted by molar-refractivity contribution is -0.117. The number of carbonyl (C=O) groups excluding carboxylic acids is 2. The second-order valence-electron chi connectivity index (χ2n) is 6.83. The zero-order valence-corrected chi connectivity index (χ0v) is 16.3. The van der Waals surface area contributed by atoms with Gasteiger partial charge in [0.2, 0.25) is 5.91 Å². The monoisotopic (exact) mass is 366 g/mol. The molecule has 0 bridgehead atoms. The maximum atomic E-state index is 12.1. The maximum Gasteiger partial charge on any atom is 0.410 e. The molecule has 0 fully saturated rings. The molecule has 7 nitrogen and oxygen atoms in total. The van der Waals surface area contributed by atoms with Crippen LogP contribution in [-0.2, 0) is 25.6 Å². The molecule has 0 aliphatic rings. The molecule has 0 saturated carbocycles. The lowest BCUT2D eigenvalue weighted by Crippen LogP contribution is -2.38. The third kappa shape index (κ3) is 9.39. The normalized spacial score (nSPS) is 11.1. The molecule has 0 atom stereocenters. The molecule has 0 radical (unpaired) electrons. The van der Waals surface area contributed by atoms with Gasteiger partial charge >= 0.3 is 6.09 Å². The standard InChI is InChI=1S/C19H30N2O5/c1-6-24-10-11-25-14-15-8-7-9-16(12-15)20-17(22)13-21(5)18(23)26-19(2,3)4/h7-9,12H,6,10-11,13-14H2,1-5H3,(H,20,22). The van der Waals surface area contributed by atoms with E-state index in [0.717, 1.165) is 5.56 Å². The van der Waals surface area contributed by atoms with Gasteiger partial charge in [-0.15, -0.1) is 0 Å². The van der Waals surface area contributed by atoms with Crippen molar-refractivity contribution in [1.82, 2.24) is 4.90 Å². The van der Waals surface area contributed by atoms with Gasteiger partial charge in [0.25, 0.3) is 0 Å². The molecule has 1 rings (SSSR count).